The maximum atomic E-state index is 12.5. The average Bonchev–Trinajstić information content (AvgIpc) is 2.88. The van der Waals surface area contributed by atoms with Gasteiger partial charge in [0.25, 0.3) is 10.2 Å². The minimum Gasteiger partial charge on any atom is -0.239 e. The van der Waals surface area contributed by atoms with Crippen molar-refractivity contribution in [3.05, 3.63) is 29.3 Å². The fourth-order valence-electron chi connectivity index (χ4n) is 1.89. The molecular weight excluding hydrogens is 306 g/mol. The van der Waals surface area contributed by atoms with Crippen LogP contribution in [-0.2, 0) is 10.2 Å². The number of aromatic nitrogens is 1. The van der Waals surface area contributed by atoms with Crippen molar-refractivity contribution in [2.75, 3.05) is 14.1 Å². The number of thiazole rings is 1. The van der Waals surface area contributed by atoms with Crippen LogP contribution in [0.2, 0.25) is 0 Å². The minimum absolute atomic E-state index is 0.0833. The van der Waals surface area contributed by atoms with Crippen molar-refractivity contribution in [3.63, 3.8) is 0 Å². The molecular formula is C14H21N3O2S2. The third-order valence-corrected chi connectivity index (χ3v) is 7.07. The molecule has 0 aliphatic rings. The second-order valence-electron chi connectivity index (χ2n) is 5.33. The van der Waals surface area contributed by atoms with Gasteiger partial charge >= 0.3 is 0 Å². The Morgan fingerprint density at radius 3 is 2.29 bits per heavy atom. The van der Waals surface area contributed by atoms with Crippen molar-refractivity contribution < 1.29 is 8.42 Å². The number of rotatable bonds is 5. The molecule has 0 saturated carbocycles. The van der Waals surface area contributed by atoms with E-state index in [2.05, 4.69) is 4.98 Å². The molecule has 7 heteroatoms. The summed E-state index contributed by atoms with van der Waals surface area (Å²) in [6.45, 7) is 5.57. The van der Waals surface area contributed by atoms with Crippen LogP contribution >= 0.6 is 11.3 Å². The van der Waals surface area contributed by atoms with E-state index >= 15 is 0 Å². The Morgan fingerprint density at radius 2 is 1.71 bits per heavy atom. The summed E-state index contributed by atoms with van der Waals surface area (Å²) in [5.41, 5.74) is 0.910. The van der Waals surface area contributed by atoms with Crippen molar-refractivity contribution >= 4 is 31.8 Å². The molecule has 0 saturated heterocycles. The van der Waals surface area contributed by atoms with E-state index < -0.39 is 10.2 Å². The first-order chi connectivity index (χ1) is 9.75. The van der Waals surface area contributed by atoms with Crippen molar-refractivity contribution in [3.8, 4) is 0 Å². The lowest BCUT2D eigenvalue weighted by molar-refractivity contribution is 0.327. The molecule has 0 aliphatic heterocycles. The first kappa shape index (κ1) is 16.4. The molecule has 0 amide bonds. The second-order valence-corrected chi connectivity index (χ2v) is 8.44. The van der Waals surface area contributed by atoms with Crippen LogP contribution in [0, 0.1) is 0 Å². The highest BCUT2D eigenvalue weighted by atomic mass is 32.2. The van der Waals surface area contributed by atoms with E-state index in [1.165, 1.54) is 19.9 Å². The zero-order chi connectivity index (χ0) is 15.8. The number of hydrogen-bond acceptors (Lipinski definition) is 4. The number of para-hydroxylation sites is 1. The van der Waals surface area contributed by atoms with Crippen LogP contribution < -0.4 is 0 Å². The largest absolute Gasteiger partial charge is 0.282 e. The van der Waals surface area contributed by atoms with Gasteiger partial charge in [0.1, 0.15) is 5.01 Å². The van der Waals surface area contributed by atoms with Gasteiger partial charge in [0.2, 0.25) is 0 Å². The molecule has 1 heterocycles. The first-order valence-electron chi connectivity index (χ1n) is 6.81. The van der Waals surface area contributed by atoms with E-state index in [-0.39, 0.29) is 12.1 Å². The van der Waals surface area contributed by atoms with Crippen molar-refractivity contribution in [1.29, 1.82) is 0 Å². The van der Waals surface area contributed by atoms with E-state index in [0.717, 1.165) is 15.2 Å². The summed E-state index contributed by atoms with van der Waals surface area (Å²) in [5, 5.41) is 0.805. The molecule has 0 aliphatic carbocycles. The predicted molar refractivity (Wildman–Crippen MR) is 87.6 cm³/mol. The highest BCUT2D eigenvalue weighted by Crippen LogP contribution is 2.30. The van der Waals surface area contributed by atoms with Crippen molar-refractivity contribution in [1.82, 2.24) is 13.6 Å². The molecule has 0 spiro atoms. The lowest BCUT2D eigenvalue weighted by Gasteiger charge is -2.29. The summed E-state index contributed by atoms with van der Waals surface area (Å²) < 4.78 is 28.9. The molecule has 0 N–H and O–H groups in total. The van der Waals surface area contributed by atoms with Gasteiger partial charge in [0.05, 0.1) is 16.3 Å². The zero-order valence-corrected chi connectivity index (χ0v) is 14.6. The predicted octanol–water partition coefficient (Wildman–Crippen LogP) is 2.87. The number of nitrogens with zero attached hydrogens (tertiary/aromatic N) is 3. The topological polar surface area (TPSA) is 53.5 Å². The molecule has 1 aromatic carbocycles. The third-order valence-electron chi connectivity index (χ3n) is 3.67. The molecule has 116 valence electrons. The van der Waals surface area contributed by atoms with E-state index in [1.54, 1.807) is 14.1 Å². The highest BCUT2D eigenvalue weighted by Gasteiger charge is 2.31. The molecule has 2 rings (SSSR count). The summed E-state index contributed by atoms with van der Waals surface area (Å²) in [5.74, 6) is 0. The maximum Gasteiger partial charge on any atom is 0.282 e. The van der Waals surface area contributed by atoms with Gasteiger partial charge in [-0.3, -0.25) is 0 Å². The number of fused-ring (bicyclic) bond motifs is 1. The highest BCUT2D eigenvalue weighted by molar-refractivity contribution is 7.86. The third kappa shape index (κ3) is 3.11. The van der Waals surface area contributed by atoms with Crippen molar-refractivity contribution in [2.24, 2.45) is 0 Å². The fraction of sp³-hybridized carbons (Fsp3) is 0.500. The molecule has 21 heavy (non-hydrogen) atoms. The fourth-order valence-corrected chi connectivity index (χ4v) is 4.46. The summed E-state index contributed by atoms with van der Waals surface area (Å²) in [6, 6.07) is 7.45. The Bertz CT molecular complexity index is 692. The van der Waals surface area contributed by atoms with Gasteiger partial charge in [0.15, 0.2) is 0 Å². The monoisotopic (exact) mass is 327 g/mol. The molecule has 2 aromatic rings. The van der Waals surface area contributed by atoms with Gasteiger partial charge < -0.3 is 0 Å². The van der Waals surface area contributed by atoms with Crippen LogP contribution in [0.15, 0.2) is 24.3 Å². The van der Waals surface area contributed by atoms with Gasteiger partial charge in [-0.2, -0.15) is 17.0 Å². The Balaban J connectivity index is 2.32. The van der Waals surface area contributed by atoms with Gasteiger partial charge in [-0.1, -0.05) is 12.1 Å². The molecule has 0 bridgehead atoms. The standard InChI is InChI=1S/C14H21N3O2S2/c1-10(2)16(4)21(18,19)17(5)11(3)14-15-12-8-6-7-9-13(12)20-14/h6-11H,1-5H3/t11-/m1/s1. The summed E-state index contributed by atoms with van der Waals surface area (Å²) >= 11 is 1.53. The van der Waals surface area contributed by atoms with Gasteiger partial charge in [-0.25, -0.2) is 4.98 Å². The molecule has 0 radical (unpaired) electrons. The molecule has 0 fully saturated rings. The SMILES string of the molecule is CC(C)N(C)S(=O)(=O)N(C)[C@H](C)c1nc2ccccc2s1. The first-order valence-corrected chi connectivity index (χ1v) is 9.03. The summed E-state index contributed by atoms with van der Waals surface area (Å²) in [6.07, 6.45) is 0. The Morgan fingerprint density at radius 1 is 1.10 bits per heavy atom. The maximum absolute atomic E-state index is 12.5. The van der Waals surface area contributed by atoms with Crippen LogP contribution in [0.3, 0.4) is 0 Å². The number of benzene rings is 1. The molecule has 0 unspecified atom stereocenters. The minimum atomic E-state index is -3.49. The van der Waals surface area contributed by atoms with Gasteiger partial charge in [-0.05, 0) is 32.9 Å². The molecule has 1 aromatic heterocycles. The van der Waals surface area contributed by atoms with E-state index in [1.807, 2.05) is 45.0 Å². The Labute approximate surface area is 130 Å². The second kappa shape index (κ2) is 6.00. The zero-order valence-electron chi connectivity index (χ0n) is 12.9. The van der Waals surface area contributed by atoms with Crippen LogP contribution in [0.5, 0.6) is 0 Å². The lowest BCUT2D eigenvalue weighted by atomic mass is 10.3. The molecule has 5 nitrogen and oxygen atoms in total. The molecule has 1 atom stereocenters. The number of hydrogen-bond donors (Lipinski definition) is 0. The van der Waals surface area contributed by atoms with E-state index in [4.69, 9.17) is 0 Å². The summed E-state index contributed by atoms with van der Waals surface area (Å²) in [4.78, 5) is 4.55. The van der Waals surface area contributed by atoms with Crippen LogP contribution in [0.1, 0.15) is 31.8 Å². The normalized spacial score (nSPS) is 14.5. The van der Waals surface area contributed by atoms with Crippen molar-refractivity contribution in [2.45, 2.75) is 32.9 Å². The van der Waals surface area contributed by atoms with Crippen LogP contribution in [0.4, 0.5) is 0 Å². The smallest absolute Gasteiger partial charge is 0.239 e. The van der Waals surface area contributed by atoms with E-state index in [0.29, 0.717) is 0 Å². The average molecular weight is 327 g/mol. The van der Waals surface area contributed by atoms with Gasteiger partial charge in [0, 0.05) is 20.1 Å². The van der Waals surface area contributed by atoms with Gasteiger partial charge in [-0.15, -0.1) is 11.3 Å². The van der Waals surface area contributed by atoms with E-state index in [9.17, 15) is 8.42 Å². The Kier molecular flexibility index (Phi) is 4.67. The van der Waals surface area contributed by atoms with Crippen LogP contribution in [0.25, 0.3) is 10.2 Å². The van der Waals surface area contributed by atoms with Crippen LogP contribution in [-0.4, -0.2) is 42.1 Å². The lowest BCUT2D eigenvalue weighted by Crippen LogP contribution is -2.43. The Hall–Kier alpha value is -1.02. The quantitative estimate of drug-likeness (QED) is 0.848. The summed E-state index contributed by atoms with van der Waals surface area (Å²) in [7, 11) is -0.289.